The van der Waals surface area contributed by atoms with Crippen LogP contribution in [0.5, 0.6) is 11.5 Å². The molecule has 1 heterocycles. The molecule has 10 heteroatoms. The average Bonchev–Trinajstić information content (AvgIpc) is 3.37. The summed E-state index contributed by atoms with van der Waals surface area (Å²) in [7, 11) is 1.31. The predicted molar refractivity (Wildman–Crippen MR) is 127 cm³/mol. The molecular formula is C24H27FN4O5. The van der Waals surface area contributed by atoms with Gasteiger partial charge in [-0.05, 0) is 48.7 Å². The fraction of sp³-hybridized carbons (Fsp3) is 0.292. The quantitative estimate of drug-likeness (QED) is 0.238. The van der Waals surface area contributed by atoms with Crippen LogP contribution >= 0.6 is 0 Å². The van der Waals surface area contributed by atoms with Gasteiger partial charge in [-0.15, -0.1) is 0 Å². The number of rotatable bonds is 11. The number of aromatic amines is 2. The van der Waals surface area contributed by atoms with Gasteiger partial charge in [-0.3, -0.25) is 10.2 Å². The minimum absolute atomic E-state index is 0.309. The summed E-state index contributed by atoms with van der Waals surface area (Å²) in [5.74, 6) is 1.66. The first-order valence-corrected chi connectivity index (χ1v) is 10.9. The van der Waals surface area contributed by atoms with Gasteiger partial charge in [-0.2, -0.15) is 0 Å². The average molecular weight is 471 g/mol. The Balaban J connectivity index is 1.45. The Hall–Kier alpha value is -3.92. The Morgan fingerprint density at radius 2 is 1.88 bits per heavy atom. The van der Waals surface area contributed by atoms with Gasteiger partial charge in [0, 0.05) is 23.2 Å². The second-order valence-electron chi connectivity index (χ2n) is 7.39. The van der Waals surface area contributed by atoms with Crippen LogP contribution in [0.1, 0.15) is 6.92 Å². The molecule has 2 aromatic rings. The largest absolute Gasteiger partial charge is 0.490 e. The van der Waals surface area contributed by atoms with Crippen molar-refractivity contribution >= 4 is 28.4 Å². The van der Waals surface area contributed by atoms with Crippen molar-refractivity contribution in [2.75, 3.05) is 45.4 Å². The molecule has 2 aromatic carbocycles. The van der Waals surface area contributed by atoms with E-state index in [-0.39, 0.29) is 5.82 Å². The fourth-order valence-corrected chi connectivity index (χ4v) is 3.61. The van der Waals surface area contributed by atoms with E-state index in [0.29, 0.717) is 50.2 Å². The number of amides is 1. The van der Waals surface area contributed by atoms with E-state index in [4.69, 9.17) is 14.2 Å². The predicted octanol–water partition coefficient (Wildman–Crippen LogP) is 4.63. The molecule has 0 bridgehead atoms. The maximum Gasteiger partial charge on any atom is 0.406 e. The number of hydrogen-bond acceptors (Lipinski definition) is 6. The van der Waals surface area contributed by atoms with E-state index >= 15 is 0 Å². The molecule has 0 spiro atoms. The van der Waals surface area contributed by atoms with Crippen molar-refractivity contribution in [3.05, 3.63) is 48.3 Å². The Kier molecular flexibility index (Phi) is 7.38. The molecule has 1 amide bonds. The van der Waals surface area contributed by atoms with Crippen molar-refractivity contribution in [3.63, 3.8) is 0 Å². The first kappa shape index (κ1) is 23.2. The zero-order valence-corrected chi connectivity index (χ0v) is 19.0. The summed E-state index contributed by atoms with van der Waals surface area (Å²) in [5, 5.41) is 14.0. The van der Waals surface area contributed by atoms with Crippen LogP contribution in [-0.2, 0) is 9.47 Å². The zero-order valence-electron chi connectivity index (χ0n) is 19.0. The lowest BCUT2D eigenvalue weighted by atomic mass is 10.2. The molecule has 0 fully saturated rings. The van der Waals surface area contributed by atoms with Crippen LogP contribution < -0.4 is 20.1 Å². The highest BCUT2D eigenvalue weighted by atomic mass is 19.1. The van der Waals surface area contributed by atoms with Crippen LogP contribution in [0.25, 0.3) is 22.0 Å². The first-order valence-electron chi connectivity index (χ1n) is 10.9. The van der Waals surface area contributed by atoms with Gasteiger partial charge in [0.15, 0.2) is 11.5 Å². The number of carbonyl (C=O) groups is 1. The third kappa shape index (κ3) is 5.34. The smallest absolute Gasteiger partial charge is 0.406 e. The number of fused-ring (bicyclic) bond motifs is 3. The Bertz CT molecular complexity index is 1220. The second kappa shape index (κ2) is 10.8. The van der Waals surface area contributed by atoms with Crippen LogP contribution in [0.3, 0.4) is 0 Å². The summed E-state index contributed by atoms with van der Waals surface area (Å²) in [6.45, 7) is 3.77. The van der Waals surface area contributed by atoms with Gasteiger partial charge in [-0.1, -0.05) is 6.07 Å². The van der Waals surface area contributed by atoms with E-state index in [0.717, 1.165) is 27.8 Å². The number of halogens is 1. The fourth-order valence-electron chi connectivity index (χ4n) is 3.61. The Labute approximate surface area is 195 Å². The SMILES string of the molecule is CCOc1cc2cc3c(Nc4cccc(F)c4)[nH][nH]c-3c2cc1OCCOCCNC(=O)OC. The van der Waals surface area contributed by atoms with Gasteiger partial charge in [0.05, 0.1) is 32.6 Å². The van der Waals surface area contributed by atoms with Crippen LogP contribution in [0.15, 0.2) is 42.5 Å². The highest BCUT2D eigenvalue weighted by Gasteiger charge is 2.20. The number of hydrogen-bond donors (Lipinski definition) is 4. The molecule has 0 radical (unpaired) electrons. The zero-order chi connectivity index (χ0) is 23.9. The molecular weight excluding hydrogens is 443 g/mol. The van der Waals surface area contributed by atoms with Crippen LogP contribution in [0.4, 0.5) is 20.7 Å². The first-order chi connectivity index (χ1) is 16.6. The number of benzene rings is 2. The van der Waals surface area contributed by atoms with E-state index in [1.54, 1.807) is 12.1 Å². The highest BCUT2D eigenvalue weighted by Crippen LogP contribution is 2.43. The second-order valence-corrected chi connectivity index (χ2v) is 7.39. The molecule has 1 aliphatic carbocycles. The number of methoxy groups -OCH3 is 1. The molecule has 0 aromatic heterocycles. The molecule has 180 valence electrons. The topological polar surface area (TPSA) is 110 Å². The monoisotopic (exact) mass is 470 g/mol. The van der Waals surface area contributed by atoms with Gasteiger partial charge in [0.1, 0.15) is 18.2 Å². The van der Waals surface area contributed by atoms with Gasteiger partial charge < -0.3 is 29.6 Å². The third-order valence-corrected chi connectivity index (χ3v) is 5.12. The molecule has 4 rings (SSSR count). The summed E-state index contributed by atoms with van der Waals surface area (Å²) < 4.78 is 35.3. The van der Waals surface area contributed by atoms with Crippen molar-refractivity contribution in [1.82, 2.24) is 15.5 Å². The molecule has 1 aliphatic heterocycles. The summed E-state index contributed by atoms with van der Waals surface area (Å²) in [6.07, 6.45) is -0.494. The molecule has 0 saturated carbocycles. The lowest BCUT2D eigenvalue weighted by Crippen LogP contribution is -2.27. The lowest BCUT2D eigenvalue weighted by Gasteiger charge is -2.13. The van der Waals surface area contributed by atoms with Gasteiger partial charge in [0.2, 0.25) is 0 Å². The molecule has 9 nitrogen and oxygen atoms in total. The highest BCUT2D eigenvalue weighted by molar-refractivity contribution is 6.05. The number of aromatic nitrogens is 2. The third-order valence-electron chi connectivity index (χ3n) is 5.12. The number of carbonyl (C=O) groups excluding carboxylic acids is 1. The van der Waals surface area contributed by atoms with E-state index < -0.39 is 6.09 Å². The van der Waals surface area contributed by atoms with Crippen molar-refractivity contribution in [3.8, 4) is 22.8 Å². The number of anilines is 2. The Morgan fingerprint density at radius 3 is 2.68 bits per heavy atom. The minimum atomic E-state index is -0.494. The van der Waals surface area contributed by atoms with E-state index in [9.17, 15) is 9.18 Å². The molecule has 2 aliphatic rings. The molecule has 0 saturated heterocycles. The van der Waals surface area contributed by atoms with E-state index in [1.165, 1.54) is 19.2 Å². The maximum absolute atomic E-state index is 13.6. The van der Waals surface area contributed by atoms with Gasteiger partial charge in [0.25, 0.3) is 0 Å². The van der Waals surface area contributed by atoms with Crippen LogP contribution in [-0.4, -0.2) is 56.4 Å². The van der Waals surface area contributed by atoms with Crippen molar-refractivity contribution < 1.29 is 28.1 Å². The van der Waals surface area contributed by atoms with E-state index in [2.05, 4.69) is 25.6 Å². The Morgan fingerprint density at radius 1 is 1.03 bits per heavy atom. The van der Waals surface area contributed by atoms with E-state index in [1.807, 2.05) is 25.1 Å². The number of alkyl carbamates (subject to hydrolysis) is 1. The summed E-state index contributed by atoms with van der Waals surface area (Å²) in [6, 6.07) is 12.2. The normalized spacial score (nSPS) is 11.0. The number of H-pyrrole nitrogens is 2. The van der Waals surface area contributed by atoms with Crippen LogP contribution in [0, 0.1) is 5.82 Å². The van der Waals surface area contributed by atoms with Crippen molar-refractivity contribution in [1.29, 1.82) is 0 Å². The summed E-state index contributed by atoms with van der Waals surface area (Å²) >= 11 is 0. The molecule has 4 N–H and O–H groups in total. The van der Waals surface area contributed by atoms with Crippen LogP contribution in [0.2, 0.25) is 0 Å². The number of ether oxygens (including phenoxy) is 4. The standard InChI is InChI=1S/C24H27FN4O5/c1-3-33-20-12-15-11-19-22(28-29-23(19)27-17-6-4-5-16(25)13-17)18(15)14-21(20)34-10-9-32-8-7-26-24(30)31-2/h4-6,11-14,27-29H,3,7-10H2,1-2H3,(H,26,30). The van der Waals surface area contributed by atoms with Crippen molar-refractivity contribution in [2.24, 2.45) is 0 Å². The summed E-state index contributed by atoms with van der Waals surface area (Å²) in [4.78, 5) is 11.0. The molecule has 34 heavy (non-hydrogen) atoms. The lowest BCUT2D eigenvalue weighted by molar-refractivity contribution is 0.0983. The molecule has 0 atom stereocenters. The van der Waals surface area contributed by atoms with Gasteiger partial charge >= 0.3 is 6.09 Å². The van der Waals surface area contributed by atoms with Gasteiger partial charge in [-0.25, -0.2) is 9.18 Å². The maximum atomic E-state index is 13.6. The number of nitrogens with one attached hydrogen (secondary N) is 4. The van der Waals surface area contributed by atoms with Crippen molar-refractivity contribution in [2.45, 2.75) is 6.92 Å². The summed E-state index contributed by atoms with van der Waals surface area (Å²) in [5.41, 5.74) is 2.47. The molecule has 0 unspecified atom stereocenters. The minimum Gasteiger partial charge on any atom is -0.490 e.